The number of nitrogens with one attached hydrogen (secondary N) is 1. The van der Waals surface area contributed by atoms with Gasteiger partial charge in [0.05, 0.1) is 23.9 Å². The number of halogens is 1. The molecule has 34 heavy (non-hydrogen) atoms. The number of fused-ring (bicyclic) bond motifs is 7. The van der Waals surface area contributed by atoms with Crippen LogP contribution < -0.4 is 15.0 Å². The van der Waals surface area contributed by atoms with Crippen molar-refractivity contribution < 1.29 is 24.0 Å². The number of carbonyl (C=O) groups is 3. The van der Waals surface area contributed by atoms with Crippen LogP contribution in [0.4, 0.5) is 17.1 Å². The highest BCUT2D eigenvalue weighted by atomic mass is 35.5. The van der Waals surface area contributed by atoms with Gasteiger partial charge in [0.15, 0.2) is 0 Å². The molecule has 2 aromatic rings. The van der Waals surface area contributed by atoms with Crippen LogP contribution in [0.5, 0.6) is 5.75 Å². The lowest BCUT2D eigenvalue weighted by atomic mass is 9.75. The van der Waals surface area contributed by atoms with Crippen LogP contribution in [-0.2, 0) is 19.9 Å². The quantitative estimate of drug-likeness (QED) is 0.405. The molecule has 0 aliphatic carbocycles. The normalized spacial score (nSPS) is 29.4. The summed E-state index contributed by atoms with van der Waals surface area (Å²) in [6, 6.07) is 8.50. The Morgan fingerprint density at radius 3 is 2.71 bits per heavy atom. The molecular formula is C23H19ClN4O6. The molecule has 2 aromatic carbocycles. The maximum Gasteiger partial charge on any atom is 0.271 e. The van der Waals surface area contributed by atoms with Crippen molar-refractivity contribution in [1.29, 1.82) is 0 Å². The standard InChI is InChI=1S/C23H19ClN4O6/c1-34-17-7-5-12(28(32)33)10-16(17)27-20(29)18-15-3-2-8-26(15)23(19(18)21(27)30)13-9-11(24)4-6-14(13)25-22(23)31/h4-7,9-10,15,18-19H,2-3,8H2,1H3,(H,25,31)/t15-,18+,19-,23-/m0/s1. The Morgan fingerprint density at radius 1 is 1.18 bits per heavy atom. The summed E-state index contributed by atoms with van der Waals surface area (Å²) < 4.78 is 5.33. The van der Waals surface area contributed by atoms with Gasteiger partial charge in [0.25, 0.3) is 5.69 Å². The molecule has 0 aromatic heterocycles. The molecule has 11 heteroatoms. The number of hydrogen-bond acceptors (Lipinski definition) is 7. The van der Waals surface area contributed by atoms with Gasteiger partial charge in [-0.15, -0.1) is 0 Å². The number of amides is 3. The number of anilines is 2. The fourth-order valence-corrected chi connectivity index (χ4v) is 6.55. The van der Waals surface area contributed by atoms with Crippen molar-refractivity contribution in [1.82, 2.24) is 4.90 Å². The number of imide groups is 1. The third-order valence-corrected chi connectivity index (χ3v) is 7.80. The van der Waals surface area contributed by atoms with Crippen molar-refractivity contribution in [3.05, 3.63) is 57.1 Å². The average Bonchev–Trinajstić information content (AvgIpc) is 3.52. The lowest BCUT2D eigenvalue weighted by molar-refractivity contribution is -0.384. The molecule has 174 valence electrons. The summed E-state index contributed by atoms with van der Waals surface area (Å²) in [6.45, 7) is 0.567. The summed E-state index contributed by atoms with van der Waals surface area (Å²) in [5.74, 6) is -3.03. The summed E-state index contributed by atoms with van der Waals surface area (Å²) in [4.78, 5) is 55.2. The Kier molecular flexibility index (Phi) is 4.34. The Balaban J connectivity index is 1.56. The highest BCUT2D eigenvalue weighted by Crippen LogP contribution is 2.61. The fraction of sp³-hybridized carbons (Fsp3) is 0.348. The first-order valence-electron chi connectivity index (χ1n) is 10.9. The zero-order chi connectivity index (χ0) is 23.9. The van der Waals surface area contributed by atoms with Crippen molar-refractivity contribution in [2.24, 2.45) is 11.8 Å². The molecule has 4 aliphatic heterocycles. The van der Waals surface area contributed by atoms with E-state index in [4.69, 9.17) is 16.3 Å². The average molecular weight is 483 g/mol. The molecule has 10 nitrogen and oxygen atoms in total. The molecule has 1 spiro atoms. The lowest BCUT2D eigenvalue weighted by Gasteiger charge is -2.36. The second kappa shape index (κ2) is 7.00. The topological polar surface area (TPSA) is 122 Å². The van der Waals surface area contributed by atoms with Crippen LogP contribution in [0.25, 0.3) is 0 Å². The Hall–Kier alpha value is -3.50. The molecule has 0 radical (unpaired) electrons. The molecule has 6 rings (SSSR count). The van der Waals surface area contributed by atoms with E-state index in [1.54, 1.807) is 18.2 Å². The lowest BCUT2D eigenvalue weighted by Crippen LogP contribution is -2.54. The molecule has 4 heterocycles. The van der Waals surface area contributed by atoms with Gasteiger partial charge in [0, 0.05) is 34.4 Å². The van der Waals surface area contributed by atoms with Gasteiger partial charge in [-0.3, -0.25) is 29.4 Å². The van der Waals surface area contributed by atoms with E-state index in [2.05, 4.69) is 5.32 Å². The van der Waals surface area contributed by atoms with E-state index < -0.39 is 34.1 Å². The Morgan fingerprint density at radius 2 is 1.97 bits per heavy atom. The third-order valence-electron chi connectivity index (χ3n) is 7.57. The number of methoxy groups -OCH3 is 1. The number of hydrogen-bond donors (Lipinski definition) is 1. The zero-order valence-electron chi connectivity index (χ0n) is 18.0. The van der Waals surface area contributed by atoms with Crippen LogP contribution >= 0.6 is 11.6 Å². The SMILES string of the molecule is COc1ccc([N+](=O)[O-])cc1N1C(=O)[C@H]2[C@@H](C1=O)[C@@]1(C(=O)Nc3ccc(Cl)cc31)N1CCC[C@@H]21. The first-order valence-corrected chi connectivity index (χ1v) is 11.3. The second-order valence-corrected chi connectivity index (χ2v) is 9.38. The number of carbonyl (C=O) groups excluding carboxylic acids is 3. The second-order valence-electron chi connectivity index (χ2n) is 8.94. The molecule has 4 aliphatic rings. The van der Waals surface area contributed by atoms with Crippen LogP contribution in [0.3, 0.4) is 0 Å². The molecule has 0 saturated carbocycles. The van der Waals surface area contributed by atoms with Gasteiger partial charge in [-0.2, -0.15) is 0 Å². The van der Waals surface area contributed by atoms with Crippen LogP contribution in [0, 0.1) is 22.0 Å². The van der Waals surface area contributed by atoms with Gasteiger partial charge in [0.1, 0.15) is 17.0 Å². The van der Waals surface area contributed by atoms with E-state index >= 15 is 0 Å². The number of non-ortho nitro benzene ring substituents is 1. The molecule has 4 atom stereocenters. The number of nitro groups is 1. The minimum absolute atomic E-state index is 0.00511. The Bertz CT molecular complexity index is 1310. The van der Waals surface area contributed by atoms with E-state index in [1.807, 2.05) is 4.90 Å². The maximum absolute atomic E-state index is 14.0. The molecular weight excluding hydrogens is 464 g/mol. The summed E-state index contributed by atoms with van der Waals surface area (Å²) >= 11 is 6.29. The van der Waals surface area contributed by atoms with Gasteiger partial charge in [0.2, 0.25) is 17.7 Å². The van der Waals surface area contributed by atoms with Crippen molar-refractivity contribution in [2.75, 3.05) is 23.9 Å². The van der Waals surface area contributed by atoms with E-state index in [9.17, 15) is 24.5 Å². The minimum atomic E-state index is -1.37. The van der Waals surface area contributed by atoms with Crippen LogP contribution in [0.15, 0.2) is 36.4 Å². The number of nitrogens with zero attached hydrogens (tertiary/aromatic N) is 3. The van der Waals surface area contributed by atoms with Gasteiger partial charge >= 0.3 is 0 Å². The zero-order valence-corrected chi connectivity index (χ0v) is 18.7. The van der Waals surface area contributed by atoms with Crippen molar-refractivity contribution in [3.8, 4) is 5.75 Å². The molecule has 1 N–H and O–H groups in total. The van der Waals surface area contributed by atoms with E-state index in [0.29, 0.717) is 29.2 Å². The van der Waals surface area contributed by atoms with Crippen LogP contribution in [0.1, 0.15) is 18.4 Å². The van der Waals surface area contributed by atoms with Crippen molar-refractivity contribution in [2.45, 2.75) is 24.4 Å². The van der Waals surface area contributed by atoms with Gasteiger partial charge < -0.3 is 10.1 Å². The minimum Gasteiger partial charge on any atom is -0.495 e. The van der Waals surface area contributed by atoms with E-state index in [1.165, 1.54) is 19.2 Å². The first kappa shape index (κ1) is 21.1. The van der Waals surface area contributed by atoms with Gasteiger partial charge in [-0.25, -0.2) is 4.90 Å². The number of benzene rings is 2. The number of nitro benzene ring substituents is 1. The molecule has 0 bridgehead atoms. The highest BCUT2D eigenvalue weighted by Gasteiger charge is 2.74. The number of ether oxygens (including phenoxy) is 1. The first-order chi connectivity index (χ1) is 16.3. The monoisotopic (exact) mass is 482 g/mol. The van der Waals surface area contributed by atoms with Gasteiger partial charge in [-0.1, -0.05) is 11.6 Å². The van der Waals surface area contributed by atoms with Crippen molar-refractivity contribution >= 4 is 46.4 Å². The van der Waals surface area contributed by atoms with Crippen LogP contribution in [-0.4, -0.2) is 47.2 Å². The maximum atomic E-state index is 14.0. The molecule has 3 fully saturated rings. The van der Waals surface area contributed by atoms with E-state index in [-0.39, 0.29) is 29.1 Å². The largest absolute Gasteiger partial charge is 0.495 e. The molecule has 0 unspecified atom stereocenters. The molecule has 3 saturated heterocycles. The molecule has 3 amide bonds. The number of rotatable bonds is 3. The predicted octanol–water partition coefficient (Wildman–Crippen LogP) is 2.69. The highest BCUT2D eigenvalue weighted by molar-refractivity contribution is 6.31. The van der Waals surface area contributed by atoms with E-state index in [0.717, 1.165) is 17.4 Å². The summed E-state index contributed by atoms with van der Waals surface area (Å²) in [7, 11) is 1.36. The predicted molar refractivity (Wildman–Crippen MR) is 121 cm³/mol. The summed E-state index contributed by atoms with van der Waals surface area (Å²) in [6.07, 6.45) is 1.44. The van der Waals surface area contributed by atoms with Crippen molar-refractivity contribution in [3.63, 3.8) is 0 Å². The summed E-state index contributed by atoms with van der Waals surface area (Å²) in [5.41, 5.74) is -0.501. The van der Waals surface area contributed by atoms with Gasteiger partial charge in [-0.05, 0) is 43.7 Å². The Labute approximate surface area is 198 Å². The smallest absolute Gasteiger partial charge is 0.271 e. The van der Waals surface area contributed by atoms with Crippen LogP contribution in [0.2, 0.25) is 5.02 Å². The third kappa shape index (κ3) is 2.41. The summed E-state index contributed by atoms with van der Waals surface area (Å²) in [5, 5.41) is 14.7. The fourth-order valence-electron chi connectivity index (χ4n) is 6.38.